The zero-order valence-electron chi connectivity index (χ0n) is 9.44. The van der Waals surface area contributed by atoms with Crippen molar-refractivity contribution in [1.82, 2.24) is 4.98 Å². The Balaban J connectivity index is 2.31. The molecule has 0 saturated heterocycles. The molecule has 0 aliphatic heterocycles. The van der Waals surface area contributed by atoms with Crippen LogP contribution in [0.3, 0.4) is 0 Å². The number of benzene rings is 1. The van der Waals surface area contributed by atoms with Gasteiger partial charge in [-0.1, -0.05) is 36.4 Å². The minimum absolute atomic E-state index is 0.0430. The van der Waals surface area contributed by atoms with Crippen LogP contribution in [0.1, 0.15) is 18.4 Å². The van der Waals surface area contributed by atoms with Crippen molar-refractivity contribution in [2.45, 2.75) is 12.8 Å². The second-order valence-corrected chi connectivity index (χ2v) is 4.23. The Bertz CT molecular complexity index is 677. The van der Waals surface area contributed by atoms with Crippen LogP contribution < -0.4 is 5.56 Å². The molecule has 0 atom stereocenters. The van der Waals surface area contributed by atoms with Crippen LogP contribution in [0.2, 0.25) is 0 Å². The van der Waals surface area contributed by atoms with E-state index in [1.165, 1.54) is 0 Å². The van der Waals surface area contributed by atoms with Crippen molar-refractivity contribution in [3.05, 3.63) is 64.5 Å². The van der Waals surface area contributed by atoms with Gasteiger partial charge in [-0.15, -0.1) is 0 Å². The predicted molar refractivity (Wildman–Crippen MR) is 70.9 cm³/mol. The van der Waals surface area contributed by atoms with Crippen molar-refractivity contribution < 1.29 is 0 Å². The third-order valence-corrected chi connectivity index (χ3v) is 3.06. The maximum absolute atomic E-state index is 11.6. The molecule has 0 bridgehead atoms. The summed E-state index contributed by atoms with van der Waals surface area (Å²) in [4.78, 5) is 14.5. The summed E-state index contributed by atoms with van der Waals surface area (Å²) in [5, 5.41) is 1.10. The standard InChI is InChI=1S/C15H13NO/c17-15-10-13(11-6-2-1-3-7-11)12-8-4-5-9-14(12)16-15/h2,4-10H,1,3H2,(H,16,17). The number of allylic oxidation sites excluding steroid dienone is 4. The number of pyridine rings is 1. The summed E-state index contributed by atoms with van der Waals surface area (Å²) in [5.41, 5.74) is 3.03. The molecule has 3 rings (SSSR count). The van der Waals surface area contributed by atoms with Gasteiger partial charge in [-0.3, -0.25) is 4.79 Å². The number of para-hydroxylation sites is 1. The lowest BCUT2D eigenvalue weighted by Crippen LogP contribution is -2.06. The molecule has 84 valence electrons. The maximum Gasteiger partial charge on any atom is 0.249 e. The lowest BCUT2D eigenvalue weighted by atomic mass is 9.97. The van der Waals surface area contributed by atoms with Crippen LogP contribution in [0.4, 0.5) is 0 Å². The van der Waals surface area contributed by atoms with E-state index in [4.69, 9.17) is 0 Å². The Morgan fingerprint density at radius 3 is 2.82 bits per heavy atom. The highest BCUT2D eigenvalue weighted by atomic mass is 16.1. The van der Waals surface area contributed by atoms with E-state index < -0.39 is 0 Å². The summed E-state index contributed by atoms with van der Waals surface area (Å²) in [6.45, 7) is 0. The van der Waals surface area contributed by atoms with Crippen molar-refractivity contribution in [1.29, 1.82) is 0 Å². The van der Waals surface area contributed by atoms with Crippen LogP contribution in [0.25, 0.3) is 16.5 Å². The van der Waals surface area contributed by atoms with E-state index >= 15 is 0 Å². The van der Waals surface area contributed by atoms with Crippen molar-refractivity contribution in [2.24, 2.45) is 0 Å². The molecule has 1 aliphatic rings. The van der Waals surface area contributed by atoms with E-state index in [-0.39, 0.29) is 5.56 Å². The number of hydrogen-bond acceptors (Lipinski definition) is 1. The van der Waals surface area contributed by atoms with E-state index in [0.29, 0.717) is 0 Å². The molecular weight excluding hydrogens is 210 g/mol. The third kappa shape index (κ3) is 1.82. The number of nitrogens with one attached hydrogen (secondary N) is 1. The molecule has 2 aromatic rings. The van der Waals surface area contributed by atoms with Gasteiger partial charge in [0.2, 0.25) is 5.56 Å². The first-order valence-electron chi connectivity index (χ1n) is 5.84. The molecule has 17 heavy (non-hydrogen) atoms. The first kappa shape index (κ1) is 10.1. The summed E-state index contributed by atoms with van der Waals surface area (Å²) >= 11 is 0. The quantitative estimate of drug-likeness (QED) is 0.790. The van der Waals surface area contributed by atoms with Crippen LogP contribution in [0.5, 0.6) is 0 Å². The predicted octanol–water partition coefficient (Wildman–Crippen LogP) is 3.26. The highest BCUT2D eigenvalue weighted by Crippen LogP contribution is 2.26. The molecule has 1 aromatic carbocycles. The molecule has 0 radical (unpaired) electrons. The second-order valence-electron chi connectivity index (χ2n) is 4.23. The van der Waals surface area contributed by atoms with Crippen LogP contribution in [0.15, 0.2) is 53.4 Å². The average molecular weight is 223 g/mol. The number of aromatic amines is 1. The average Bonchev–Trinajstić information content (AvgIpc) is 2.39. The summed E-state index contributed by atoms with van der Waals surface area (Å²) < 4.78 is 0. The molecular formula is C15H13NO. The minimum Gasteiger partial charge on any atom is -0.322 e. The van der Waals surface area contributed by atoms with Crippen LogP contribution in [-0.4, -0.2) is 4.98 Å². The van der Waals surface area contributed by atoms with Gasteiger partial charge < -0.3 is 4.98 Å². The van der Waals surface area contributed by atoms with E-state index in [9.17, 15) is 4.79 Å². The number of rotatable bonds is 1. The zero-order chi connectivity index (χ0) is 11.7. The van der Waals surface area contributed by atoms with Crippen LogP contribution in [0, 0.1) is 0 Å². The number of H-pyrrole nitrogens is 1. The Labute approximate surface area is 99.3 Å². The Morgan fingerprint density at radius 2 is 2.00 bits per heavy atom. The molecule has 0 saturated carbocycles. The van der Waals surface area contributed by atoms with Crippen molar-refractivity contribution >= 4 is 16.5 Å². The zero-order valence-corrected chi connectivity index (χ0v) is 9.44. The fourth-order valence-corrected chi connectivity index (χ4v) is 2.26. The Morgan fingerprint density at radius 1 is 1.12 bits per heavy atom. The van der Waals surface area contributed by atoms with Crippen LogP contribution >= 0.6 is 0 Å². The molecule has 2 heteroatoms. The van der Waals surface area contributed by atoms with Gasteiger partial charge in [-0.05, 0) is 30.0 Å². The summed E-state index contributed by atoms with van der Waals surface area (Å²) in [5.74, 6) is 0. The molecule has 1 heterocycles. The molecule has 0 unspecified atom stereocenters. The molecule has 0 amide bonds. The number of fused-ring (bicyclic) bond motifs is 1. The first-order chi connectivity index (χ1) is 8.34. The monoisotopic (exact) mass is 223 g/mol. The van der Waals surface area contributed by atoms with E-state index in [0.717, 1.165) is 34.9 Å². The van der Waals surface area contributed by atoms with Gasteiger partial charge in [0.05, 0.1) is 0 Å². The summed E-state index contributed by atoms with van der Waals surface area (Å²) in [7, 11) is 0. The third-order valence-electron chi connectivity index (χ3n) is 3.06. The second kappa shape index (κ2) is 4.06. The molecule has 2 nitrogen and oxygen atoms in total. The molecule has 0 fully saturated rings. The van der Waals surface area contributed by atoms with E-state index in [1.54, 1.807) is 6.07 Å². The topological polar surface area (TPSA) is 32.9 Å². The van der Waals surface area contributed by atoms with Crippen molar-refractivity contribution in [3.63, 3.8) is 0 Å². The van der Waals surface area contributed by atoms with Crippen molar-refractivity contribution in [2.75, 3.05) is 0 Å². The van der Waals surface area contributed by atoms with Gasteiger partial charge >= 0.3 is 0 Å². The van der Waals surface area contributed by atoms with Crippen molar-refractivity contribution in [3.8, 4) is 0 Å². The fourth-order valence-electron chi connectivity index (χ4n) is 2.26. The fraction of sp³-hybridized carbons (Fsp3) is 0.133. The molecule has 1 aliphatic carbocycles. The van der Waals surface area contributed by atoms with Crippen LogP contribution in [-0.2, 0) is 0 Å². The maximum atomic E-state index is 11.6. The van der Waals surface area contributed by atoms with Gasteiger partial charge in [-0.25, -0.2) is 0 Å². The minimum atomic E-state index is -0.0430. The van der Waals surface area contributed by atoms with Gasteiger partial charge in [0.15, 0.2) is 0 Å². The SMILES string of the molecule is O=c1cc(C2=CCCC=C2)c2ccccc2[nH]1. The molecule has 1 N–H and O–H groups in total. The lowest BCUT2D eigenvalue weighted by Gasteiger charge is -2.10. The number of hydrogen-bond donors (Lipinski definition) is 1. The van der Waals surface area contributed by atoms with Gasteiger partial charge in [0.25, 0.3) is 0 Å². The molecule has 1 aromatic heterocycles. The highest BCUT2D eigenvalue weighted by Gasteiger charge is 2.07. The normalized spacial score (nSPS) is 14.9. The first-order valence-corrected chi connectivity index (χ1v) is 5.84. The summed E-state index contributed by atoms with van der Waals surface area (Å²) in [6.07, 6.45) is 8.59. The van der Waals surface area contributed by atoms with Gasteiger partial charge in [0.1, 0.15) is 0 Å². The smallest absolute Gasteiger partial charge is 0.249 e. The summed E-state index contributed by atoms with van der Waals surface area (Å²) in [6, 6.07) is 9.60. The lowest BCUT2D eigenvalue weighted by molar-refractivity contribution is 1.04. The van der Waals surface area contributed by atoms with E-state index in [2.05, 4.69) is 23.2 Å². The highest BCUT2D eigenvalue weighted by molar-refractivity contribution is 5.94. The largest absolute Gasteiger partial charge is 0.322 e. The van der Waals surface area contributed by atoms with Gasteiger partial charge in [-0.2, -0.15) is 0 Å². The Hall–Kier alpha value is -2.09. The van der Waals surface area contributed by atoms with E-state index in [1.807, 2.05) is 24.3 Å². The number of aromatic nitrogens is 1. The van der Waals surface area contributed by atoms with Gasteiger partial charge in [0, 0.05) is 17.0 Å². The Kier molecular flexibility index (Phi) is 2.41. The molecule has 0 spiro atoms.